The van der Waals surface area contributed by atoms with Crippen molar-refractivity contribution in [2.75, 3.05) is 18.1 Å². The minimum atomic E-state index is -0.807. The van der Waals surface area contributed by atoms with Crippen LogP contribution in [0.15, 0.2) is 12.3 Å². The van der Waals surface area contributed by atoms with Gasteiger partial charge in [-0.2, -0.15) is 5.26 Å². The summed E-state index contributed by atoms with van der Waals surface area (Å²) in [7, 11) is -0.807. The Morgan fingerprint density at radius 2 is 2.44 bits per heavy atom. The van der Waals surface area contributed by atoms with Crippen molar-refractivity contribution in [1.29, 1.82) is 5.26 Å². The van der Waals surface area contributed by atoms with E-state index in [1.807, 2.05) is 13.0 Å². The zero-order valence-electron chi connectivity index (χ0n) is 9.30. The second kappa shape index (κ2) is 6.18. The highest BCUT2D eigenvalue weighted by Crippen LogP contribution is 2.02. The molecule has 0 saturated heterocycles. The van der Waals surface area contributed by atoms with E-state index in [-0.39, 0.29) is 5.25 Å². The average Bonchev–Trinajstić information content (AvgIpc) is 2.29. The van der Waals surface area contributed by atoms with Crippen molar-refractivity contribution >= 4 is 16.7 Å². The van der Waals surface area contributed by atoms with Gasteiger partial charge in [0.15, 0.2) is 0 Å². The maximum absolute atomic E-state index is 11.1. The molecule has 0 saturated carbocycles. The van der Waals surface area contributed by atoms with E-state index >= 15 is 0 Å². The number of hydrogen-bond donors (Lipinski definition) is 1. The normalized spacial score (nSPS) is 13.8. The van der Waals surface area contributed by atoms with E-state index in [1.165, 1.54) is 6.20 Å². The third-order valence-corrected chi connectivity index (χ3v) is 3.54. The third-order valence-electron chi connectivity index (χ3n) is 2.17. The highest BCUT2D eigenvalue weighted by atomic mass is 32.2. The van der Waals surface area contributed by atoms with Gasteiger partial charge in [-0.15, -0.1) is 0 Å². The van der Waals surface area contributed by atoms with Gasteiger partial charge in [-0.25, -0.2) is 9.97 Å². The fourth-order valence-corrected chi connectivity index (χ4v) is 1.51. The molecule has 0 aliphatic carbocycles. The smallest absolute Gasteiger partial charge is 0.223 e. The molecule has 0 amide bonds. The lowest BCUT2D eigenvalue weighted by atomic mass is 10.3. The van der Waals surface area contributed by atoms with Crippen LogP contribution < -0.4 is 5.32 Å². The van der Waals surface area contributed by atoms with Gasteiger partial charge < -0.3 is 5.32 Å². The third kappa shape index (κ3) is 3.95. The number of aromatic nitrogens is 2. The number of rotatable bonds is 5. The Hall–Kier alpha value is -1.48. The summed E-state index contributed by atoms with van der Waals surface area (Å²) in [5.41, 5.74) is 0.338. The Bertz CT molecular complexity index is 416. The Morgan fingerprint density at radius 3 is 3.06 bits per heavy atom. The largest absolute Gasteiger partial charge is 0.354 e. The van der Waals surface area contributed by atoms with Crippen LogP contribution in [-0.2, 0) is 10.8 Å². The van der Waals surface area contributed by atoms with Crippen LogP contribution in [0.2, 0.25) is 0 Å². The standard InChI is InChI=1S/C10H14N4OS/c1-8(16(2)15)3-5-12-10-13-6-4-9(7-11)14-10/h4,6,8H,3,5H2,1-2H3,(H,12,13,14). The monoisotopic (exact) mass is 238 g/mol. The second-order valence-corrected chi connectivity index (χ2v) is 5.20. The van der Waals surface area contributed by atoms with Gasteiger partial charge in [0.05, 0.1) is 0 Å². The molecular formula is C10H14N4OS. The maximum atomic E-state index is 11.1. The summed E-state index contributed by atoms with van der Waals surface area (Å²) in [4.78, 5) is 7.95. The van der Waals surface area contributed by atoms with Crippen LogP contribution >= 0.6 is 0 Å². The zero-order valence-corrected chi connectivity index (χ0v) is 10.1. The molecular weight excluding hydrogens is 224 g/mol. The van der Waals surface area contributed by atoms with E-state index in [4.69, 9.17) is 5.26 Å². The number of anilines is 1. The Morgan fingerprint density at radius 1 is 1.69 bits per heavy atom. The molecule has 1 rings (SSSR count). The highest BCUT2D eigenvalue weighted by molar-refractivity contribution is 7.84. The predicted octanol–water partition coefficient (Wildman–Crippen LogP) is 0.917. The first kappa shape index (κ1) is 12.6. The molecule has 1 heterocycles. The molecule has 16 heavy (non-hydrogen) atoms. The second-order valence-electron chi connectivity index (χ2n) is 3.40. The van der Waals surface area contributed by atoms with Crippen LogP contribution in [0.4, 0.5) is 5.95 Å². The van der Waals surface area contributed by atoms with Crippen LogP contribution in [0.1, 0.15) is 19.0 Å². The van der Waals surface area contributed by atoms with Gasteiger partial charge in [0.2, 0.25) is 5.95 Å². The first-order chi connectivity index (χ1) is 7.63. The van der Waals surface area contributed by atoms with Gasteiger partial charge in [0.25, 0.3) is 0 Å². The molecule has 1 aromatic heterocycles. The molecule has 0 aliphatic rings. The number of nitriles is 1. The molecule has 0 bridgehead atoms. The highest BCUT2D eigenvalue weighted by Gasteiger charge is 2.05. The first-order valence-corrected chi connectivity index (χ1v) is 6.55. The van der Waals surface area contributed by atoms with E-state index in [0.29, 0.717) is 18.2 Å². The lowest BCUT2D eigenvalue weighted by molar-refractivity contribution is 0.672. The van der Waals surface area contributed by atoms with Crippen molar-refractivity contribution in [3.63, 3.8) is 0 Å². The van der Waals surface area contributed by atoms with E-state index < -0.39 is 10.8 Å². The summed E-state index contributed by atoms with van der Waals surface area (Å²) < 4.78 is 11.1. The quantitative estimate of drug-likeness (QED) is 0.825. The maximum Gasteiger partial charge on any atom is 0.223 e. The molecule has 0 fully saturated rings. The molecule has 86 valence electrons. The average molecular weight is 238 g/mol. The number of nitrogens with one attached hydrogen (secondary N) is 1. The minimum Gasteiger partial charge on any atom is -0.354 e. The Kier molecular flexibility index (Phi) is 4.86. The zero-order chi connectivity index (χ0) is 12.0. The Balaban J connectivity index is 2.43. The van der Waals surface area contributed by atoms with Crippen molar-refractivity contribution in [1.82, 2.24) is 9.97 Å². The molecule has 0 radical (unpaired) electrons. The lowest BCUT2D eigenvalue weighted by Crippen LogP contribution is -2.15. The summed E-state index contributed by atoms with van der Waals surface area (Å²) >= 11 is 0. The van der Waals surface area contributed by atoms with Crippen molar-refractivity contribution in [2.45, 2.75) is 18.6 Å². The van der Waals surface area contributed by atoms with Crippen LogP contribution in [0.3, 0.4) is 0 Å². The van der Waals surface area contributed by atoms with Gasteiger partial charge in [0, 0.05) is 35.0 Å². The van der Waals surface area contributed by atoms with Gasteiger partial charge in [-0.3, -0.25) is 4.21 Å². The molecule has 2 atom stereocenters. The van der Waals surface area contributed by atoms with Crippen molar-refractivity contribution < 1.29 is 4.21 Å². The van der Waals surface area contributed by atoms with E-state index in [1.54, 1.807) is 12.3 Å². The summed E-state index contributed by atoms with van der Waals surface area (Å²) in [5.74, 6) is 0.438. The molecule has 2 unspecified atom stereocenters. The van der Waals surface area contributed by atoms with Crippen LogP contribution in [0.5, 0.6) is 0 Å². The predicted molar refractivity (Wildman–Crippen MR) is 63.4 cm³/mol. The summed E-state index contributed by atoms with van der Waals surface area (Å²) in [6.07, 6.45) is 4.01. The molecule has 1 N–H and O–H groups in total. The Labute approximate surface area is 97.4 Å². The number of nitrogens with zero attached hydrogens (tertiary/aromatic N) is 3. The van der Waals surface area contributed by atoms with Crippen molar-refractivity contribution in [3.8, 4) is 6.07 Å². The van der Waals surface area contributed by atoms with Gasteiger partial charge in [0.1, 0.15) is 11.8 Å². The van der Waals surface area contributed by atoms with E-state index in [9.17, 15) is 4.21 Å². The van der Waals surface area contributed by atoms with Crippen molar-refractivity contribution in [2.24, 2.45) is 0 Å². The number of hydrogen-bond acceptors (Lipinski definition) is 5. The summed E-state index contributed by atoms with van der Waals surface area (Å²) in [6, 6.07) is 3.50. The first-order valence-electron chi connectivity index (χ1n) is 4.92. The molecule has 0 spiro atoms. The van der Waals surface area contributed by atoms with Gasteiger partial charge >= 0.3 is 0 Å². The molecule has 0 aliphatic heterocycles. The van der Waals surface area contributed by atoms with Crippen LogP contribution in [0, 0.1) is 11.3 Å². The fourth-order valence-electron chi connectivity index (χ4n) is 1.06. The van der Waals surface area contributed by atoms with Gasteiger partial charge in [-0.1, -0.05) is 6.92 Å². The molecule has 6 heteroatoms. The minimum absolute atomic E-state index is 0.145. The van der Waals surface area contributed by atoms with Gasteiger partial charge in [-0.05, 0) is 12.5 Å². The van der Waals surface area contributed by atoms with Crippen molar-refractivity contribution in [3.05, 3.63) is 18.0 Å². The summed E-state index contributed by atoms with van der Waals surface area (Å²) in [5, 5.41) is 11.8. The topological polar surface area (TPSA) is 78.7 Å². The molecule has 1 aromatic rings. The van der Waals surface area contributed by atoms with Crippen LogP contribution in [-0.4, -0.2) is 32.2 Å². The molecule has 5 nitrogen and oxygen atoms in total. The lowest BCUT2D eigenvalue weighted by Gasteiger charge is -2.08. The van der Waals surface area contributed by atoms with E-state index in [0.717, 1.165) is 6.42 Å². The SMILES string of the molecule is CC(CCNc1nccc(C#N)n1)S(C)=O. The van der Waals surface area contributed by atoms with E-state index in [2.05, 4.69) is 15.3 Å². The van der Waals surface area contributed by atoms with Crippen LogP contribution in [0.25, 0.3) is 0 Å². The molecule has 0 aromatic carbocycles. The summed E-state index contributed by atoms with van der Waals surface area (Å²) in [6.45, 7) is 2.58. The fraction of sp³-hybridized carbons (Fsp3) is 0.500.